The Morgan fingerprint density at radius 2 is 1.62 bits per heavy atom. The Morgan fingerprint density at radius 3 is 2.19 bits per heavy atom. The zero-order valence-corrected chi connectivity index (χ0v) is 16.9. The molecule has 0 bridgehead atoms. The molecule has 0 spiro atoms. The van der Waals surface area contributed by atoms with E-state index in [0.717, 1.165) is 19.4 Å². The number of rotatable bonds is 3. The molecule has 3 heterocycles. The molecule has 0 aromatic carbocycles. The summed E-state index contributed by atoms with van der Waals surface area (Å²) >= 11 is 0. The van der Waals surface area contributed by atoms with Gasteiger partial charge in [-0.05, 0) is 40.2 Å². The summed E-state index contributed by atoms with van der Waals surface area (Å²) in [5.41, 5.74) is 0. The van der Waals surface area contributed by atoms with Crippen LogP contribution in [0.3, 0.4) is 0 Å². The first kappa shape index (κ1) is 20.0. The number of ether oxygens (including phenoxy) is 1. The van der Waals surface area contributed by atoms with Crippen molar-refractivity contribution in [2.24, 2.45) is 5.92 Å². The maximum Gasteiger partial charge on any atom is 0.282 e. The lowest BCUT2D eigenvalue weighted by molar-refractivity contribution is -0.137. The summed E-state index contributed by atoms with van der Waals surface area (Å²) in [6, 6.07) is 0.365. The van der Waals surface area contributed by atoms with Crippen LogP contribution in [0.4, 0.5) is 0 Å². The SMILES string of the molecule is CC1CN(S(=O)(=O)N2CCN(C(=O)[C@H]3CCN[C@@H](C)C3)CC2)CC(C)O1. The molecule has 3 rings (SSSR count). The minimum absolute atomic E-state index is 0.0651. The van der Waals surface area contributed by atoms with E-state index in [1.165, 1.54) is 8.61 Å². The van der Waals surface area contributed by atoms with Crippen molar-refractivity contribution in [3.8, 4) is 0 Å². The van der Waals surface area contributed by atoms with Gasteiger partial charge in [0, 0.05) is 51.2 Å². The minimum atomic E-state index is -3.49. The van der Waals surface area contributed by atoms with Crippen LogP contribution in [0.2, 0.25) is 0 Å². The average molecular weight is 389 g/mol. The molecule has 3 aliphatic heterocycles. The smallest absolute Gasteiger partial charge is 0.282 e. The summed E-state index contributed by atoms with van der Waals surface area (Å²) < 4.78 is 34.6. The molecule has 8 nitrogen and oxygen atoms in total. The molecule has 4 atom stereocenters. The van der Waals surface area contributed by atoms with Gasteiger partial charge in [-0.15, -0.1) is 0 Å². The third-order valence-corrected chi connectivity index (χ3v) is 7.53. The third kappa shape index (κ3) is 4.39. The summed E-state index contributed by atoms with van der Waals surface area (Å²) in [7, 11) is -3.49. The molecule has 0 aromatic heterocycles. The summed E-state index contributed by atoms with van der Waals surface area (Å²) in [6.45, 7) is 9.25. The number of carbonyl (C=O) groups excluding carboxylic acids is 1. The number of morpholine rings is 1. The van der Waals surface area contributed by atoms with Crippen molar-refractivity contribution in [1.29, 1.82) is 0 Å². The van der Waals surface area contributed by atoms with Gasteiger partial charge in [-0.3, -0.25) is 4.79 Å². The summed E-state index contributed by atoms with van der Waals surface area (Å²) in [4.78, 5) is 14.6. The lowest BCUT2D eigenvalue weighted by Gasteiger charge is -2.41. The van der Waals surface area contributed by atoms with E-state index in [1.807, 2.05) is 18.7 Å². The average Bonchev–Trinajstić information content (AvgIpc) is 2.60. The van der Waals surface area contributed by atoms with Crippen molar-refractivity contribution in [3.05, 3.63) is 0 Å². The molecular weight excluding hydrogens is 356 g/mol. The monoisotopic (exact) mass is 388 g/mol. The molecule has 0 radical (unpaired) electrons. The van der Waals surface area contributed by atoms with E-state index in [-0.39, 0.29) is 24.0 Å². The van der Waals surface area contributed by atoms with Crippen LogP contribution in [0.25, 0.3) is 0 Å². The predicted octanol–water partition coefficient (Wildman–Crippen LogP) is -0.127. The molecule has 26 heavy (non-hydrogen) atoms. The minimum Gasteiger partial charge on any atom is -0.373 e. The second-order valence-corrected chi connectivity index (χ2v) is 9.81. The number of hydrogen-bond acceptors (Lipinski definition) is 5. The zero-order chi connectivity index (χ0) is 18.9. The van der Waals surface area contributed by atoms with E-state index >= 15 is 0 Å². The Labute approximate surface area is 157 Å². The fourth-order valence-corrected chi connectivity index (χ4v) is 5.98. The van der Waals surface area contributed by atoms with Gasteiger partial charge >= 0.3 is 0 Å². The molecule has 2 unspecified atom stereocenters. The Morgan fingerprint density at radius 1 is 1.00 bits per heavy atom. The van der Waals surface area contributed by atoms with E-state index in [1.54, 1.807) is 0 Å². The quantitative estimate of drug-likeness (QED) is 0.729. The lowest BCUT2D eigenvalue weighted by Crippen LogP contribution is -2.58. The topological polar surface area (TPSA) is 82.2 Å². The van der Waals surface area contributed by atoms with Gasteiger partial charge in [0.15, 0.2) is 0 Å². The van der Waals surface area contributed by atoms with E-state index in [9.17, 15) is 13.2 Å². The van der Waals surface area contributed by atoms with E-state index in [0.29, 0.717) is 45.3 Å². The number of piperidine rings is 1. The van der Waals surface area contributed by atoms with Crippen molar-refractivity contribution in [2.45, 2.75) is 51.9 Å². The molecule has 9 heteroatoms. The van der Waals surface area contributed by atoms with Crippen LogP contribution >= 0.6 is 0 Å². The maximum atomic E-state index is 12.9. The van der Waals surface area contributed by atoms with Gasteiger partial charge < -0.3 is 15.0 Å². The van der Waals surface area contributed by atoms with Gasteiger partial charge in [0.05, 0.1) is 12.2 Å². The Kier molecular flexibility index (Phi) is 6.23. The van der Waals surface area contributed by atoms with Gasteiger partial charge in [-0.1, -0.05) is 0 Å². The molecule has 1 N–H and O–H groups in total. The van der Waals surface area contributed by atoms with Crippen LogP contribution in [0.15, 0.2) is 0 Å². The van der Waals surface area contributed by atoms with E-state index in [2.05, 4.69) is 12.2 Å². The van der Waals surface area contributed by atoms with Gasteiger partial charge in [0.1, 0.15) is 0 Å². The van der Waals surface area contributed by atoms with Crippen LogP contribution in [-0.4, -0.2) is 91.9 Å². The molecular formula is C17H32N4O4S. The van der Waals surface area contributed by atoms with Crippen LogP contribution < -0.4 is 5.32 Å². The maximum absolute atomic E-state index is 12.9. The first-order valence-corrected chi connectivity index (χ1v) is 11.1. The fraction of sp³-hybridized carbons (Fsp3) is 0.941. The molecule has 0 aromatic rings. The molecule has 0 aliphatic carbocycles. The largest absolute Gasteiger partial charge is 0.373 e. The van der Waals surface area contributed by atoms with Gasteiger partial charge in [0.2, 0.25) is 5.91 Å². The summed E-state index contributed by atoms with van der Waals surface area (Å²) in [6.07, 6.45) is 1.53. The van der Waals surface area contributed by atoms with Crippen LogP contribution in [0.5, 0.6) is 0 Å². The highest BCUT2D eigenvalue weighted by Gasteiger charge is 2.38. The first-order valence-electron chi connectivity index (χ1n) is 9.70. The van der Waals surface area contributed by atoms with Crippen molar-refractivity contribution in [1.82, 2.24) is 18.8 Å². The fourth-order valence-electron chi connectivity index (χ4n) is 4.24. The Hall–Kier alpha value is -0.740. The van der Waals surface area contributed by atoms with Crippen LogP contribution in [0.1, 0.15) is 33.6 Å². The molecule has 150 valence electrons. The first-order chi connectivity index (χ1) is 12.3. The number of hydrogen-bond donors (Lipinski definition) is 1. The zero-order valence-electron chi connectivity index (χ0n) is 16.1. The summed E-state index contributed by atoms with van der Waals surface area (Å²) in [5.74, 6) is 0.249. The number of nitrogens with one attached hydrogen (secondary N) is 1. The molecule has 3 aliphatic rings. The van der Waals surface area contributed by atoms with Gasteiger partial charge in [-0.2, -0.15) is 17.0 Å². The highest BCUT2D eigenvalue weighted by molar-refractivity contribution is 7.86. The lowest BCUT2D eigenvalue weighted by atomic mass is 9.92. The van der Waals surface area contributed by atoms with Crippen molar-refractivity contribution in [3.63, 3.8) is 0 Å². The Balaban J connectivity index is 1.56. The second-order valence-electron chi connectivity index (χ2n) is 7.88. The van der Waals surface area contributed by atoms with E-state index < -0.39 is 10.2 Å². The highest BCUT2D eigenvalue weighted by atomic mass is 32.2. The highest BCUT2D eigenvalue weighted by Crippen LogP contribution is 2.22. The van der Waals surface area contributed by atoms with Gasteiger partial charge in [0.25, 0.3) is 10.2 Å². The predicted molar refractivity (Wildman–Crippen MR) is 98.8 cm³/mol. The molecule has 0 saturated carbocycles. The second kappa shape index (κ2) is 8.10. The number of nitrogens with zero attached hydrogens (tertiary/aromatic N) is 3. The van der Waals surface area contributed by atoms with Crippen LogP contribution in [-0.2, 0) is 19.7 Å². The molecule has 3 saturated heterocycles. The normalized spacial score (nSPS) is 35.4. The number of carbonyl (C=O) groups is 1. The molecule has 3 fully saturated rings. The summed E-state index contributed by atoms with van der Waals surface area (Å²) in [5, 5.41) is 3.37. The van der Waals surface area contributed by atoms with Crippen LogP contribution in [0, 0.1) is 5.92 Å². The van der Waals surface area contributed by atoms with E-state index in [4.69, 9.17) is 4.74 Å². The standard InChI is InChI=1S/C17H32N4O4S/c1-13-10-16(4-5-18-13)17(22)19-6-8-20(9-7-19)26(23,24)21-11-14(2)25-15(3)12-21/h13-16,18H,4-12H2,1-3H3/t13-,14?,15?,16-/m0/s1. The third-order valence-electron chi connectivity index (χ3n) is 5.56. The number of amides is 1. The van der Waals surface area contributed by atoms with Crippen molar-refractivity contribution in [2.75, 3.05) is 45.8 Å². The van der Waals surface area contributed by atoms with Crippen molar-refractivity contribution >= 4 is 16.1 Å². The Bertz CT molecular complexity index is 596. The van der Waals surface area contributed by atoms with Crippen molar-refractivity contribution < 1.29 is 17.9 Å². The number of piperazine rings is 1. The van der Waals surface area contributed by atoms with Gasteiger partial charge in [-0.25, -0.2) is 0 Å². The molecule has 1 amide bonds.